The first-order valence-corrected chi connectivity index (χ1v) is 6.94. The Morgan fingerprint density at radius 1 is 1.05 bits per heavy atom. The summed E-state index contributed by atoms with van der Waals surface area (Å²) >= 11 is 0. The van der Waals surface area contributed by atoms with Gasteiger partial charge in [0.1, 0.15) is 0 Å². The lowest BCUT2D eigenvalue weighted by atomic mass is 10.3. The van der Waals surface area contributed by atoms with Gasteiger partial charge in [0.25, 0.3) is 5.91 Å². The fourth-order valence-corrected chi connectivity index (χ4v) is 2.10. The number of nitrogens with zero attached hydrogens (tertiary/aromatic N) is 3. The number of aromatic nitrogens is 2. The van der Waals surface area contributed by atoms with Crippen molar-refractivity contribution in [3.63, 3.8) is 0 Å². The molecule has 1 aromatic heterocycles. The van der Waals surface area contributed by atoms with Crippen molar-refractivity contribution in [1.82, 2.24) is 15.2 Å². The second-order valence-electron chi connectivity index (χ2n) is 4.84. The van der Waals surface area contributed by atoms with Gasteiger partial charge in [-0.3, -0.25) is 15.2 Å². The third kappa shape index (κ3) is 2.98. The monoisotopic (exact) mass is 292 g/mol. The minimum Gasteiger partial charge on any atom is -0.288 e. The summed E-state index contributed by atoms with van der Waals surface area (Å²) in [5.41, 5.74) is 5.15. The van der Waals surface area contributed by atoms with Crippen LogP contribution in [0.1, 0.15) is 10.4 Å². The van der Waals surface area contributed by atoms with Crippen molar-refractivity contribution in [3.05, 3.63) is 78.6 Å². The molecule has 2 aromatic carbocycles. The second-order valence-corrected chi connectivity index (χ2v) is 4.84. The molecule has 0 bridgehead atoms. The molecule has 0 aliphatic heterocycles. The molecular formula is C17H16N4O. The molecule has 1 N–H and O–H groups in total. The fraction of sp³-hybridized carbons (Fsp3) is 0.0588. The van der Waals surface area contributed by atoms with Gasteiger partial charge in [0, 0.05) is 13.2 Å². The molecule has 3 rings (SSSR count). The van der Waals surface area contributed by atoms with Crippen LogP contribution in [0.5, 0.6) is 0 Å². The van der Waals surface area contributed by atoms with Gasteiger partial charge >= 0.3 is 0 Å². The average Bonchev–Trinajstić information content (AvgIpc) is 3.06. The summed E-state index contributed by atoms with van der Waals surface area (Å²) in [6.45, 7) is 0. The summed E-state index contributed by atoms with van der Waals surface area (Å²) in [6, 6.07) is 19.3. The van der Waals surface area contributed by atoms with Crippen molar-refractivity contribution in [1.29, 1.82) is 0 Å². The zero-order chi connectivity index (χ0) is 15.4. The van der Waals surface area contributed by atoms with Crippen LogP contribution in [0.3, 0.4) is 0 Å². The topological polar surface area (TPSA) is 50.2 Å². The molecule has 0 aliphatic rings. The molecule has 0 saturated heterocycles. The summed E-state index contributed by atoms with van der Waals surface area (Å²) in [6.07, 6.45) is 3.27. The van der Waals surface area contributed by atoms with Gasteiger partial charge in [0.2, 0.25) is 0 Å². The Balaban J connectivity index is 1.72. The number of nitrogens with one attached hydrogen (secondary N) is 1. The van der Waals surface area contributed by atoms with Gasteiger partial charge < -0.3 is 0 Å². The number of anilines is 1. The summed E-state index contributed by atoms with van der Waals surface area (Å²) < 4.78 is 1.68. The first-order valence-electron chi connectivity index (χ1n) is 6.94. The average molecular weight is 292 g/mol. The van der Waals surface area contributed by atoms with E-state index in [1.165, 1.54) is 0 Å². The molecule has 22 heavy (non-hydrogen) atoms. The van der Waals surface area contributed by atoms with Crippen LogP contribution in [0, 0.1) is 0 Å². The van der Waals surface area contributed by atoms with Gasteiger partial charge in [-0.1, -0.05) is 36.4 Å². The highest BCUT2D eigenvalue weighted by molar-refractivity contribution is 5.94. The van der Waals surface area contributed by atoms with E-state index >= 15 is 0 Å². The van der Waals surface area contributed by atoms with Crippen molar-refractivity contribution in [2.45, 2.75) is 0 Å². The molecule has 110 valence electrons. The molecular weight excluding hydrogens is 276 g/mol. The van der Waals surface area contributed by atoms with Crippen LogP contribution in [0.15, 0.2) is 73.1 Å². The zero-order valence-electron chi connectivity index (χ0n) is 12.2. The molecule has 0 saturated carbocycles. The largest absolute Gasteiger partial charge is 0.288 e. The van der Waals surface area contributed by atoms with Gasteiger partial charge in [-0.2, -0.15) is 5.10 Å². The van der Waals surface area contributed by atoms with E-state index in [-0.39, 0.29) is 5.91 Å². The Bertz CT molecular complexity index is 753. The van der Waals surface area contributed by atoms with Crippen LogP contribution in [-0.2, 0) is 0 Å². The summed E-state index contributed by atoms with van der Waals surface area (Å²) in [5.74, 6) is -0.200. The number of hydrogen-bond acceptors (Lipinski definition) is 3. The molecule has 0 atom stereocenters. The highest BCUT2D eigenvalue weighted by atomic mass is 16.2. The first-order chi connectivity index (χ1) is 10.7. The quantitative estimate of drug-likeness (QED) is 0.752. The van der Waals surface area contributed by atoms with Gasteiger partial charge in [0.15, 0.2) is 0 Å². The standard InChI is InChI=1S/C17H16N4O/c1-20(15-8-4-2-5-9-15)19-17(22)14-12-18-21(13-14)16-10-6-3-7-11-16/h2-13H,1H3,(H,19,22). The number of amides is 1. The molecule has 1 heterocycles. The van der Waals surface area contributed by atoms with Crippen LogP contribution in [0.2, 0.25) is 0 Å². The van der Waals surface area contributed by atoms with Crippen LogP contribution < -0.4 is 10.4 Å². The van der Waals surface area contributed by atoms with E-state index in [2.05, 4.69) is 10.5 Å². The Kier molecular flexibility index (Phi) is 3.87. The molecule has 0 spiro atoms. The lowest BCUT2D eigenvalue weighted by Crippen LogP contribution is -2.39. The molecule has 0 fully saturated rings. The summed E-state index contributed by atoms with van der Waals surface area (Å²) in [5, 5.41) is 5.91. The molecule has 5 heteroatoms. The van der Waals surface area contributed by atoms with E-state index in [4.69, 9.17) is 0 Å². The molecule has 3 aromatic rings. The van der Waals surface area contributed by atoms with E-state index < -0.39 is 0 Å². The molecule has 0 radical (unpaired) electrons. The van der Waals surface area contributed by atoms with E-state index in [1.54, 1.807) is 29.1 Å². The maximum Gasteiger partial charge on any atom is 0.272 e. The predicted octanol–water partition coefficient (Wildman–Crippen LogP) is 2.65. The van der Waals surface area contributed by atoms with E-state index in [1.807, 2.05) is 60.7 Å². The molecule has 0 unspecified atom stereocenters. The van der Waals surface area contributed by atoms with Crippen molar-refractivity contribution in [3.8, 4) is 5.69 Å². The third-order valence-electron chi connectivity index (χ3n) is 3.28. The van der Waals surface area contributed by atoms with E-state index in [9.17, 15) is 4.79 Å². The Morgan fingerprint density at radius 2 is 1.68 bits per heavy atom. The maximum atomic E-state index is 12.3. The normalized spacial score (nSPS) is 10.2. The van der Waals surface area contributed by atoms with E-state index in [0.717, 1.165) is 11.4 Å². The highest BCUT2D eigenvalue weighted by Gasteiger charge is 2.11. The first kappa shape index (κ1) is 13.9. The zero-order valence-corrected chi connectivity index (χ0v) is 12.2. The lowest BCUT2D eigenvalue weighted by Gasteiger charge is -2.19. The highest BCUT2D eigenvalue weighted by Crippen LogP contribution is 2.10. The molecule has 5 nitrogen and oxygen atoms in total. The predicted molar refractivity (Wildman–Crippen MR) is 85.9 cm³/mol. The minimum atomic E-state index is -0.200. The van der Waals surface area contributed by atoms with Crippen molar-refractivity contribution >= 4 is 11.6 Å². The number of carbonyl (C=O) groups is 1. The maximum absolute atomic E-state index is 12.3. The van der Waals surface area contributed by atoms with Crippen LogP contribution in [-0.4, -0.2) is 22.7 Å². The number of carbonyl (C=O) groups excluding carboxylic acids is 1. The van der Waals surface area contributed by atoms with Gasteiger partial charge in [0.05, 0.1) is 23.1 Å². The van der Waals surface area contributed by atoms with Crippen LogP contribution in [0.4, 0.5) is 5.69 Å². The fourth-order valence-electron chi connectivity index (χ4n) is 2.10. The van der Waals surface area contributed by atoms with Crippen LogP contribution in [0.25, 0.3) is 5.69 Å². The third-order valence-corrected chi connectivity index (χ3v) is 3.28. The van der Waals surface area contributed by atoms with Crippen molar-refractivity contribution < 1.29 is 4.79 Å². The minimum absolute atomic E-state index is 0.200. The molecule has 0 aliphatic carbocycles. The van der Waals surface area contributed by atoms with E-state index in [0.29, 0.717) is 5.56 Å². The number of rotatable bonds is 4. The number of hydrogen-bond donors (Lipinski definition) is 1. The van der Waals surface area contributed by atoms with Gasteiger partial charge in [-0.25, -0.2) is 4.68 Å². The second kappa shape index (κ2) is 6.13. The van der Waals surface area contributed by atoms with Crippen molar-refractivity contribution in [2.24, 2.45) is 0 Å². The smallest absolute Gasteiger partial charge is 0.272 e. The number of hydrazine groups is 1. The Labute approximate surface area is 128 Å². The Morgan fingerprint density at radius 3 is 2.36 bits per heavy atom. The SMILES string of the molecule is CN(NC(=O)c1cnn(-c2ccccc2)c1)c1ccccc1. The summed E-state index contributed by atoms with van der Waals surface area (Å²) in [4.78, 5) is 12.3. The Hall–Kier alpha value is -3.08. The van der Waals surface area contributed by atoms with Gasteiger partial charge in [-0.15, -0.1) is 0 Å². The lowest BCUT2D eigenvalue weighted by molar-refractivity contribution is 0.0951. The van der Waals surface area contributed by atoms with Gasteiger partial charge in [-0.05, 0) is 24.3 Å². The molecule has 1 amide bonds. The van der Waals surface area contributed by atoms with Crippen molar-refractivity contribution in [2.75, 3.05) is 12.1 Å². The summed E-state index contributed by atoms with van der Waals surface area (Å²) in [7, 11) is 1.80. The number of para-hydroxylation sites is 2. The number of benzene rings is 2. The van der Waals surface area contributed by atoms with Crippen LogP contribution >= 0.6 is 0 Å².